The average molecular weight is 421 g/mol. The van der Waals surface area contributed by atoms with Gasteiger partial charge in [-0.2, -0.15) is 0 Å². The standard InChI is InChI=1S/C23H37FN4O2/c1-25-23(26-11-6-14-30-21-9-3-2-4-10-21)27-18-22(28-12-15-29-16-13-28)19-7-5-8-20(24)17-19/h5,7-8,17,21-22H,2-4,6,9-16,18H2,1H3,(H2,25,26,27). The molecule has 30 heavy (non-hydrogen) atoms. The molecule has 168 valence electrons. The highest BCUT2D eigenvalue weighted by Gasteiger charge is 2.23. The van der Waals surface area contributed by atoms with Gasteiger partial charge in [-0.3, -0.25) is 9.89 Å². The van der Waals surface area contributed by atoms with Crippen LogP contribution in [0.5, 0.6) is 0 Å². The van der Waals surface area contributed by atoms with Crippen LogP contribution in [0.25, 0.3) is 0 Å². The largest absolute Gasteiger partial charge is 0.379 e. The minimum Gasteiger partial charge on any atom is -0.379 e. The van der Waals surface area contributed by atoms with Gasteiger partial charge in [0, 0.05) is 39.8 Å². The Morgan fingerprint density at radius 1 is 1.23 bits per heavy atom. The number of hydrogen-bond acceptors (Lipinski definition) is 4. The number of benzene rings is 1. The molecule has 2 fully saturated rings. The molecule has 1 heterocycles. The molecule has 1 saturated carbocycles. The highest BCUT2D eigenvalue weighted by molar-refractivity contribution is 5.79. The molecule has 6 nitrogen and oxygen atoms in total. The van der Waals surface area contributed by atoms with Gasteiger partial charge in [-0.25, -0.2) is 4.39 Å². The fourth-order valence-electron chi connectivity index (χ4n) is 4.24. The number of guanidine groups is 1. The molecular weight excluding hydrogens is 383 g/mol. The van der Waals surface area contributed by atoms with Crippen molar-refractivity contribution in [2.45, 2.75) is 50.7 Å². The van der Waals surface area contributed by atoms with E-state index in [4.69, 9.17) is 9.47 Å². The van der Waals surface area contributed by atoms with Crippen molar-refractivity contribution < 1.29 is 13.9 Å². The van der Waals surface area contributed by atoms with Crippen molar-refractivity contribution in [1.29, 1.82) is 0 Å². The van der Waals surface area contributed by atoms with Gasteiger partial charge in [0.15, 0.2) is 5.96 Å². The normalized spacial score (nSPS) is 20.1. The topological polar surface area (TPSA) is 58.1 Å². The van der Waals surface area contributed by atoms with Gasteiger partial charge in [-0.1, -0.05) is 31.4 Å². The molecule has 0 aromatic heterocycles. The van der Waals surface area contributed by atoms with Gasteiger partial charge in [0.1, 0.15) is 5.82 Å². The molecule has 7 heteroatoms. The SMILES string of the molecule is CN=C(NCCCOC1CCCCC1)NCC(c1cccc(F)c1)N1CCOCC1. The number of nitrogens with one attached hydrogen (secondary N) is 2. The minimum absolute atomic E-state index is 0.0674. The molecule has 3 rings (SSSR count). The molecule has 0 amide bonds. The molecule has 1 unspecified atom stereocenters. The number of halogens is 1. The highest BCUT2D eigenvalue weighted by atomic mass is 19.1. The fraction of sp³-hybridized carbons (Fsp3) is 0.696. The number of rotatable bonds is 9. The molecule has 1 aromatic rings. The predicted molar refractivity (Wildman–Crippen MR) is 118 cm³/mol. The molecule has 0 radical (unpaired) electrons. The van der Waals surface area contributed by atoms with E-state index in [0.29, 0.717) is 25.9 Å². The summed E-state index contributed by atoms with van der Waals surface area (Å²) in [6, 6.07) is 6.95. The molecule has 2 aliphatic rings. The molecule has 0 spiro atoms. The summed E-state index contributed by atoms with van der Waals surface area (Å²) in [6.45, 7) is 5.35. The van der Waals surface area contributed by atoms with Crippen molar-refractivity contribution in [2.24, 2.45) is 4.99 Å². The zero-order chi connectivity index (χ0) is 21.0. The molecular formula is C23H37FN4O2. The Hall–Kier alpha value is -1.70. The highest BCUT2D eigenvalue weighted by Crippen LogP contribution is 2.22. The van der Waals surface area contributed by atoms with Crippen LogP contribution in [0.2, 0.25) is 0 Å². The quantitative estimate of drug-likeness (QED) is 0.365. The van der Waals surface area contributed by atoms with Gasteiger partial charge >= 0.3 is 0 Å². The molecule has 2 N–H and O–H groups in total. The number of hydrogen-bond donors (Lipinski definition) is 2. The van der Waals surface area contributed by atoms with E-state index in [9.17, 15) is 4.39 Å². The molecule has 1 aromatic carbocycles. The summed E-state index contributed by atoms with van der Waals surface area (Å²) in [5.74, 6) is 0.563. The maximum absolute atomic E-state index is 13.8. The minimum atomic E-state index is -0.203. The molecule has 0 bridgehead atoms. The van der Waals surface area contributed by atoms with Gasteiger partial charge in [0.05, 0.1) is 25.4 Å². The van der Waals surface area contributed by atoms with Gasteiger partial charge in [-0.05, 0) is 37.0 Å². The van der Waals surface area contributed by atoms with Crippen LogP contribution in [0.3, 0.4) is 0 Å². The Balaban J connectivity index is 1.44. The number of morpholine rings is 1. The first-order chi connectivity index (χ1) is 14.8. The lowest BCUT2D eigenvalue weighted by atomic mass is 9.98. The van der Waals surface area contributed by atoms with E-state index in [0.717, 1.165) is 44.2 Å². The van der Waals surface area contributed by atoms with Crippen molar-refractivity contribution in [3.8, 4) is 0 Å². The Kier molecular flexibility index (Phi) is 9.86. The summed E-state index contributed by atoms with van der Waals surface area (Å²) in [5, 5.41) is 6.79. The van der Waals surface area contributed by atoms with Crippen LogP contribution < -0.4 is 10.6 Å². The molecule has 1 aliphatic carbocycles. The van der Waals surface area contributed by atoms with Crippen LogP contribution in [0, 0.1) is 5.82 Å². The lowest BCUT2D eigenvalue weighted by Gasteiger charge is -2.35. The second kappa shape index (κ2) is 12.9. The van der Waals surface area contributed by atoms with Crippen molar-refractivity contribution >= 4 is 5.96 Å². The maximum Gasteiger partial charge on any atom is 0.191 e. The Morgan fingerprint density at radius 3 is 2.77 bits per heavy atom. The van der Waals surface area contributed by atoms with Crippen molar-refractivity contribution in [3.05, 3.63) is 35.6 Å². The molecule has 1 atom stereocenters. The van der Waals surface area contributed by atoms with Crippen LogP contribution >= 0.6 is 0 Å². The van der Waals surface area contributed by atoms with Gasteiger partial charge in [-0.15, -0.1) is 0 Å². The Bertz CT molecular complexity index is 646. The lowest BCUT2D eigenvalue weighted by Crippen LogP contribution is -2.46. The van der Waals surface area contributed by atoms with Crippen LogP contribution in [0.4, 0.5) is 4.39 Å². The van der Waals surface area contributed by atoms with E-state index in [2.05, 4.69) is 20.5 Å². The summed E-state index contributed by atoms with van der Waals surface area (Å²) < 4.78 is 25.3. The second-order valence-electron chi connectivity index (χ2n) is 8.08. The first-order valence-electron chi connectivity index (χ1n) is 11.4. The second-order valence-corrected chi connectivity index (χ2v) is 8.08. The number of aliphatic imine (C=N–C) groups is 1. The van der Waals surface area contributed by atoms with E-state index < -0.39 is 0 Å². The third-order valence-electron chi connectivity index (χ3n) is 5.93. The van der Waals surface area contributed by atoms with E-state index in [1.807, 2.05) is 6.07 Å². The van der Waals surface area contributed by atoms with Crippen LogP contribution in [0.1, 0.15) is 50.1 Å². The summed E-state index contributed by atoms with van der Waals surface area (Å²) in [4.78, 5) is 6.68. The first kappa shape index (κ1) is 23.0. The fourth-order valence-corrected chi connectivity index (χ4v) is 4.24. The van der Waals surface area contributed by atoms with Crippen molar-refractivity contribution in [2.75, 3.05) is 53.0 Å². The zero-order valence-corrected chi connectivity index (χ0v) is 18.2. The van der Waals surface area contributed by atoms with Crippen LogP contribution in [-0.2, 0) is 9.47 Å². The van der Waals surface area contributed by atoms with Crippen LogP contribution in [-0.4, -0.2) is 70.0 Å². The van der Waals surface area contributed by atoms with Gasteiger partial charge in [0.25, 0.3) is 0 Å². The smallest absolute Gasteiger partial charge is 0.191 e. The zero-order valence-electron chi connectivity index (χ0n) is 18.2. The lowest BCUT2D eigenvalue weighted by molar-refractivity contribution is 0.0169. The van der Waals surface area contributed by atoms with E-state index in [1.165, 1.54) is 38.2 Å². The van der Waals surface area contributed by atoms with Crippen LogP contribution in [0.15, 0.2) is 29.3 Å². The third-order valence-corrected chi connectivity index (χ3v) is 5.93. The van der Waals surface area contributed by atoms with E-state index >= 15 is 0 Å². The Morgan fingerprint density at radius 2 is 2.03 bits per heavy atom. The summed E-state index contributed by atoms with van der Waals surface area (Å²) in [7, 11) is 1.78. The first-order valence-corrected chi connectivity index (χ1v) is 11.4. The van der Waals surface area contributed by atoms with E-state index in [-0.39, 0.29) is 11.9 Å². The molecule has 1 saturated heterocycles. The number of nitrogens with zero attached hydrogens (tertiary/aromatic N) is 2. The van der Waals surface area contributed by atoms with Crippen molar-refractivity contribution in [1.82, 2.24) is 15.5 Å². The third kappa shape index (κ3) is 7.52. The molecule has 1 aliphatic heterocycles. The maximum atomic E-state index is 13.8. The van der Waals surface area contributed by atoms with E-state index in [1.54, 1.807) is 19.2 Å². The number of ether oxygens (including phenoxy) is 2. The summed E-state index contributed by atoms with van der Waals surface area (Å²) >= 11 is 0. The van der Waals surface area contributed by atoms with Crippen molar-refractivity contribution in [3.63, 3.8) is 0 Å². The van der Waals surface area contributed by atoms with Gasteiger partial charge in [0.2, 0.25) is 0 Å². The van der Waals surface area contributed by atoms with Gasteiger partial charge < -0.3 is 20.1 Å². The average Bonchev–Trinajstić information content (AvgIpc) is 2.79. The predicted octanol–water partition coefficient (Wildman–Crippen LogP) is 3.10. The summed E-state index contributed by atoms with van der Waals surface area (Å²) in [5.41, 5.74) is 0.973. The monoisotopic (exact) mass is 420 g/mol. The Labute approximate surface area is 180 Å². The summed E-state index contributed by atoms with van der Waals surface area (Å²) in [6.07, 6.45) is 7.78.